The monoisotopic (exact) mass is 254 g/mol. The maximum atomic E-state index is 5.30. The van der Waals surface area contributed by atoms with E-state index < -0.39 is 0 Å². The van der Waals surface area contributed by atoms with Gasteiger partial charge < -0.3 is 10.1 Å². The molecule has 0 amide bonds. The van der Waals surface area contributed by atoms with E-state index in [-0.39, 0.29) is 6.04 Å². The zero-order valence-electron chi connectivity index (χ0n) is 11.3. The van der Waals surface area contributed by atoms with Gasteiger partial charge in [-0.1, -0.05) is 12.1 Å². The number of ether oxygens (including phenoxy) is 1. The number of nitrogens with zero attached hydrogens (tertiary/aromatic N) is 1. The molecule has 1 aliphatic heterocycles. The Morgan fingerprint density at radius 3 is 2.89 bits per heavy atom. The molecule has 1 aromatic carbocycles. The van der Waals surface area contributed by atoms with Gasteiger partial charge in [0.2, 0.25) is 0 Å². The number of hydrogen-bond acceptors (Lipinski definition) is 3. The lowest BCUT2D eigenvalue weighted by Gasteiger charge is -2.27. The first kappa shape index (κ1) is 12.2. The second-order valence-electron chi connectivity index (χ2n) is 4.96. The highest BCUT2D eigenvalue weighted by atomic mass is 16.5. The van der Waals surface area contributed by atoms with Crippen LogP contribution in [0.25, 0.3) is 0 Å². The lowest BCUT2D eigenvalue weighted by atomic mass is 9.92. The Hall–Kier alpha value is -1.87. The molecule has 3 heteroatoms. The summed E-state index contributed by atoms with van der Waals surface area (Å²) >= 11 is 0. The number of rotatable bonds is 2. The van der Waals surface area contributed by atoms with Crippen LogP contribution in [-0.4, -0.2) is 18.6 Å². The van der Waals surface area contributed by atoms with Gasteiger partial charge in [0.1, 0.15) is 5.75 Å². The zero-order valence-corrected chi connectivity index (χ0v) is 11.3. The largest absolute Gasteiger partial charge is 0.497 e. The molecular formula is C16H18N2O. The third kappa shape index (κ3) is 2.34. The van der Waals surface area contributed by atoms with Crippen LogP contribution in [0.1, 0.15) is 28.4 Å². The van der Waals surface area contributed by atoms with Crippen molar-refractivity contribution in [2.45, 2.75) is 19.4 Å². The Bertz CT molecular complexity index is 578. The molecule has 98 valence electrons. The van der Waals surface area contributed by atoms with Gasteiger partial charge >= 0.3 is 0 Å². The third-order valence-corrected chi connectivity index (χ3v) is 3.63. The van der Waals surface area contributed by atoms with Crippen LogP contribution in [-0.2, 0) is 6.42 Å². The minimum absolute atomic E-state index is 0.190. The molecule has 2 aromatic rings. The van der Waals surface area contributed by atoms with Gasteiger partial charge in [-0.2, -0.15) is 0 Å². The van der Waals surface area contributed by atoms with E-state index in [1.54, 1.807) is 7.11 Å². The van der Waals surface area contributed by atoms with Gasteiger partial charge in [0.05, 0.1) is 18.8 Å². The highest BCUT2D eigenvalue weighted by Gasteiger charge is 2.22. The first-order valence-corrected chi connectivity index (χ1v) is 6.60. The molecule has 0 radical (unpaired) electrons. The first-order valence-electron chi connectivity index (χ1n) is 6.60. The van der Waals surface area contributed by atoms with E-state index in [1.807, 2.05) is 12.3 Å². The molecular weight excluding hydrogens is 236 g/mol. The van der Waals surface area contributed by atoms with Gasteiger partial charge in [-0.25, -0.2) is 0 Å². The topological polar surface area (TPSA) is 34.1 Å². The molecule has 1 N–H and O–H groups in total. The van der Waals surface area contributed by atoms with Crippen LogP contribution in [0.5, 0.6) is 5.75 Å². The summed E-state index contributed by atoms with van der Waals surface area (Å²) in [5.41, 5.74) is 4.93. The maximum absolute atomic E-state index is 5.30. The SMILES string of the molecule is COc1ccc2c(c1)CCNC2c1ccc(C)cn1. The van der Waals surface area contributed by atoms with Crippen LogP contribution in [0.15, 0.2) is 36.5 Å². The van der Waals surface area contributed by atoms with Crippen LogP contribution >= 0.6 is 0 Å². The van der Waals surface area contributed by atoms with Crippen molar-refractivity contribution in [2.24, 2.45) is 0 Å². The molecule has 1 aliphatic rings. The van der Waals surface area contributed by atoms with Crippen LogP contribution in [0.4, 0.5) is 0 Å². The summed E-state index contributed by atoms with van der Waals surface area (Å²) in [4.78, 5) is 4.55. The van der Waals surface area contributed by atoms with E-state index >= 15 is 0 Å². The fraction of sp³-hybridized carbons (Fsp3) is 0.312. The van der Waals surface area contributed by atoms with Gasteiger partial charge in [0.25, 0.3) is 0 Å². The van der Waals surface area contributed by atoms with Crippen molar-refractivity contribution in [2.75, 3.05) is 13.7 Å². The van der Waals surface area contributed by atoms with Crippen LogP contribution < -0.4 is 10.1 Å². The molecule has 0 fully saturated rings. The van der Waals surface area contributed by atoms with E-state index in [4.69, 9.17) is 4.74 Å². The highest BCUT2D eigenvalue weighted by Crippen LogP contribution is 2.30. The summed E-state index contributed by atoms with van der Waals surface area (Å²) < 4.78 is 5.30. The minimum atomic E-state index is 0.190. The van der Waals surface area contributed by atoms with Gasteiger partial charge in [0.15, 0.2) is 0 Å². The quantitative estimate of drug-likeness (QED) is 0.894. The van der Waals surface area contributed by atoms with Crippen molar-refractivity contribution < 1.29 is 4.74 Å². The Morgan fingerprint density at radius 2 is 2.16 bits per heavy atom. The van der Waals surface area contributed by atoms with Crippen molar-refractivity contribution in [1.29, 1.82) is 0 Å². The zero-order chi connectivity index (χ0) is 13.2. The molecule has 0 saturated heterocycles. The first-order chi connectivity index (χ1) is 9.28. The summed E-state index contributed by atoms with van der Waals surface area (Å²) in [5.74, 6) is 0.927. The van der Waals surface area contributed by atoms with E-state index in [1.165, 1.54) is 16.7 Å². The molecule has 1 atom stereocenters. The smallest absolute Gasteiger partial charge is 0.119 e. The van der Waals surface area contributed by atoms with Crippen LogP contribution in [0, 0.1) is 6.92 Å². The number of pyridine rings is 1. The van der Waals surface area contributed by atoms with E-state index in [9.17, 15) is 0 Å². The fourth-order valence-corrected chi connectivity index (χ4v) is 2.58. The Labute approximate surface area is 113 Å². The highest BCUT2D eigenvalue weighted by molar-refractivity contribution is 5.42. The van der Waals surface area contributed by atoms with Crippen molar-refractivity contribution in [3.63, 3.8) is 0 Å². The molecule has 0 spiro atoms. The lowest BCUT2D eigenvalue weighted by molar-refractivity contribution is 0.413. The molecule has 19 heavy (non-hydrogen) atoms. The molecule has 0 bridgehead atoms. The Morgan fingerprint density at radius 1 is 1.26 bits per heavy atom. The van der Waals surface area contributed by atoms with Gasteiger partial charge in [-0.15, -0.1) is 0 Å². The Kier molecular flexibility index (Phi) is 3.22. The second kappa shape index (κ2) is 5.02. The molecule has 1 aromatic heterocycles. The Balaban J connectivity index is 2.00. The van der Waals surface area contributed by atoms with E-state index in [2.05, 4.69) is 41.5 Å². The molecule has 1 unspecified atom stereocenters. The van der Waals surface area contributed by atoms with E-state index in [0.717, 1.165) is 24.4 Å². The number of hydrogen-bond donors (Lipinski definition) is 1. The molecule has 2 heterocycles. The summed E-state index contributed by atoms with van der Waals surface area (Å²) in [5, 5.41) is 3.55. The molecule has 0 aliphatic carbocycles. The number of benzene rings is 1. The summed E-state index contributed by atoms with van der Waals surface area (Å²) in [6.45, 7) is 3.03. The van der Waals surface area contributed by atoms with Crippen molar-refractivity contribution in [3.05, 3.63) is 58.9 Å². The average molecular weight is 254 g/mol. The predicted octanol–water partition coefficient (Wildman–Crippen LogP) is 2.63. The summed E-state index contributed by atoms with van der Waals surface area (Å²) in [6, 6.07) is 10.7. The van der Waals surface area contributed by atoms with Gasteiger partial charge in [0, 0.05) is 12.7 Å². The summed E-state index contributed by atoms with van der Waals surface area (Å²) in [6.07, 6.45) is 2.96. The average Bonchev–Trinajstić information content (AvgIpc) is 2.47. The van der Waals surface area contributed by atoms with Crippen LogP contribution in [0.2, 0.25) is 0 Å². The van der Waals surface area contributed by atoms with E-state index in [0.29, 0.717) is 0 Å². The maximum Gasteiger partial charge on any atom is 0.119 e. The molecule has 0 saturated carbocycles. The predicted molar refractivity (Wildman–Crippen MR) is 75.5 cm³/mol. The second-order valence-corrected chi connectivity index (χ2v) is 4.96. The molecule has 3 nitrogen and oxygen atoms in total. The lowest BCUT2D eigenvalue weighted by Crippen LogP contribution is -2.31. The summed E-state index contributed by atoms with van der Waals surface area (Å²) in [7, 11) is 1.71. The number of methoxy groups -OCH3 is 1. The van der Waals surface area contributed by atoms with Crippen molar-refractivity contribution in [3.8, 4) is 5.75 Å². The van der Waals surface area contributed by atoms with Crippen molar-refractivity contribution >= 4 is 0 Å². The third-order valence-electron chi connectivity index (χ3n) is 3.63. The van der Waals surface area contributed by atoms with Gasteiger partial charge in [-0.3, -0.25) is 4.98 Å². The fourth-order valence-electron chi connectivity index (χ4n) is 2.58. The van der Waals surface area contributed by atoms with Gasteiger partial charge in [-0.05, 0) is 48.2 Å². The number of aromatic nitrogens is 1. The normalized spacial score (nSPS) is 17.9. The standard InChI is InChI=1S/C16H18N2O/c1-11-3-6-15(18-10-11)16-14-5-4-13(19-2)9-12(14)7-8-17-16/h3-6,9-10,16-17H,7-8H2,1-2H3. The molecule has 3 rings (SSSR count). The number of nitrogens with one attached hydrogen (secondary N) is 1. The minimum Gasteiger partial charge on any atom is -0.497 e. The van der Waals surface area contributed by atoms with Crippen LogP contribution in [0.3, 0.4) is 0 Å². The number of fused-ring (bicyclic) bond motifs is 1. The van der Waals surface area contributed by atoms with Crippen molar-refractivity contribution in [1.82, 2.24) is 10.3 Å². The number of aryl methyl sites for hydroxylation is 1.